The zero-order valence-electron chi connectivity index (χ0n) is 11.3. The van der Waals surface area contributed by atoms with Gasteiger partial charge in [0.2, 0.25) is 5.91 Å². The second-order valence-corrected chi connectivity index (χ2v) is 9.27. The molecule has 20 heavy (non-hydrogen) atoms. The molecule has 1 heterocycles. The summed E-state index contributed by atoms with van der Waals surface area (Å²) in [7, 11) is -3.50. The molecular weight excluding hydrogens is 318 g/mol. The van der Waals surface area contributed by atoms with E-state index >= 15 is 0 Å². The minimum absolute atomic E-state index is 0.135. The summed E-state index contributed by atoms with van der Waals surface area (Å²) in [5.74, 6) is -0.525. The lowest BCUT2D eigenvalue weighted by atomic mass is 10.2. The lowest BCUT2D eigenvalue weighted by Crippen LogP contribution is -2.42. The van der Waals surface area contributed by atoms with E-state index in [1.54, 1.807) is 12.1 Å². The Morgan fingerprint density at radius 1 is 1.45 bits per heavy atom. The highest BCUT2D eigenvalue weighted by molar-refractivity contribution is 7.92. The highest BCUT2D eigenvalue weighted by Gasteiger charge is 2.30. The maximum absolute atomic E-state index is 12.2. The summed E-state index contributed by atoms with van der Waals surface area (Å²) in [5, 5.41) is 1.81. The van der Waals surface area contributed by atoms with Gasteiger partial charge in [-0.2, -0.15) is 0 Å². The van der Waals surface area contributed by atoms with Crippen LogP contribution in [0.25, 0.3) is 0 Å². The third-order valence-corrected chi connectivity index (χ3v) is 7.00. The Bertz CT molecular complexity index is 576. The Hall–Kier alpha value is -0.590. The second kappa shape index (κ2) is 6.45. The number of hydrogen-bond acceptors (Lipinski definition) is 4. The van der Waals surface area contributed by atoms with Crippen LogP contribution in [-0.2, 0) is 20.4 Å². The van der Waals surface area contributed by atoms with Gasteiger partial charge in [-0.15, -0.1) is 11.3 Å². The fraction of sp³-hybridized carbons (Fsp3) is 0.615. The summed E-state index contributed by atoms with van der Waals surface area (Å²) >= 11 is 7.02. The fourth-order valence-electron chi connectivity index (χ4n) is 2.30. The minimum Gasteiger partial charge on any atom is -0.352 e. The molecule has 1 aromatic heterocycles. The number of nitrogens with one attached hydrogen (secondary N) is 1. The van der Waals surface area contributed by atoms with Gasteiger partial charge >= 0.3 is 0 Å². The molecule has 0 aliphatic heterocycles. The predicted octanol–water partition coefficient (Wildman–Crippen LogP) is 2.76. The van der Waals surface area contributed by atoms with Crippen LogP contribution in [0.3, 0.4) is 0 Å². The molecule has 1 aliphatic rings. The molecule has 1 unspecified atom stereocenters. The largest absolute Gasteiger partial charge is 0.352 e. The first-order chi connectivity index (χ1) is 9.38. The van der Waals surface area contributed by atoms with Gasteiger partial charge in [0.1, 0.15) is 5.25 Å². The molecule has 0 radical (unpaired) electrons. The monoisotopic (exact) mass is 335 g/mol. The normalized spacial score (nSPS) is 18.1. The first-order valence-electron chi connectivity index (χ1n) is 6.64. The molecule has 1 aromatic rings. The summed E-state index contributed by atoms with van der Waals surface area (Å²) in [4.78, 5) is 12.7. The van der Waals surface area contributed by atoms with E-state index in [4.69, 9.17) is 11.6 Å². The Morgan fingerprint density at radius 3 is 2.65 bits per heavy atom. The maximum Gasteiger partial charge on any atom is 0.238 e. The van der Waals surface area contributed by atoms with Gasteiger partial charge in [-0.1, -0.05) is 24.4 Å². The van der Waals surface area contributed by atoms with Crippen LogP contribution >= 0.6 is 22.9 Å². The van der Waals surface area contributed by atoms with Crippen molar-refractivity contribution in [1.82, 2.24) is 5.32 Å². The van der Waals surface area contributed by atoms with E-state index in [1.807, 2.05) is 0 Å². The van der Waals surface area contributed by atoms with Crippen LogP contribution in [0, 0.1) is 0 Å². The fourth-order valence-corrected chi connectivity index (χ4v) is 5.05. The van der Waals surface area contributed by atoms with Gasteiger partial charge in [-0.05, 0) is 31.9 Å². The third kappa shape index (κ3) is 3.96. The highest BCUT2D eigenvalue weighted by Crippen LogP contribution is 2.24. The molecular formula is C13H18ClNO3S2. The van der Waals surface area contributed by atoms with Gasteiger partial charge in [0, 0.05) is 10.9 Å². The van der Waals surface area contributed by atoms with Gasteiger partial charge in [-0.25, -0.2) is 8.42 Å². The average molecular weight is 336 g/mol. The van der Waals surface area contributed by atoms with E-state index in [9.17, 15) is 13.2 Å². The zero-order chi connectivity index (χ0) is 14.8. The summed E-state index contributed by atoms with van der Waals surface area (Å²) < 4.78 is 25.0. The van der Waals surface area contributed by atoms with Crippen molar-refractivity contribution in [2.45, 2.75) is 49.7 Å². The maximum atomic E-state index is 12.2. The van der Waals surface area contributed by atoms with Gasteiger partial charge in [-0.3, -0.25) is 4.79 Å². The van der Waals surface area contributed by atoms with Gasteiger partial charge in [0.15, 0.2) is 9.84 Å². The second-order valence-electron chi connectivity index (χ2n) is 5.15. The van der Waals surface area contributed by atoms with E-state index < -0.39 is 15.1 Å². The Morgan fingerprint density at radius 2 is 2.10 bits per heavy atom. The van der Waals surface area contributed by atoms with Crippen molar-refractivity contribution in [3.05, 3.63) is 21.3 Å². The van der Waals surface area contributed by atoms with Gasteiger partial charge in [0.25, 0.3) is 0 Å². The predicted molar refractivity (Wildman–Crippen MR) is 81.8 cm³/mol. The zero-order valence-corrected chi connectivity index (χ0v) is 13.7. The number of sulfone groups is 1. The lowest BCUT2D eigenvalue weighted by Gasteiger charge is -2.16. The number of amides is 1. The SMILES string of the molecule is CC(C(=O)NC1CCCC1)S(=O)(=O)Cc1ccc(Cl)s1. The standard InChI is InChI=1S/C13H18ClNO3S2/c1-9(13(16)15-10-4-2-3-5-10)20(17,18)8-11-6-7-12(14)19-11/h6-7,9-10H,2-5,8H2,1H3,(H,15,16). The molecule has 2 rings (SSSR count). The van der Waals surface area contributed by atoms with Gasteiger partial charge < -0.3 is 5.32 Å². The van der Waals surface area contributed by atoms with Crippen molar-refractivity contribution in [3.8, 4) is 0 Å². The smallest absolute Gasteiger partial charge is 0.238 e. The van der Waals surface area contributed by atoms with Gasteiger partial charge in [0.05, 0.1) is 10.1 Å². The molecule has 1 N–H and O–H groups in total. The minimum atomic E-state index is -3.50. The molecule has 0 saturated heterocycles. The molecule has 0 bridgehead atoms. The van der Waals surface area contributed by atoms with E-state index in [2.05, 4.69) is 5.32 Å². The topological polar surface area (TPSA) is 63.2 Å². The summed E-state index contributed by atoms with van der Waals surface area (Å²) in [6.07, 6.45) is 4.08. The van der Waals surface area contributed by atoms with Crippen molar-refractivity contribution in [3.63, 3.8) is 0 Å². The quantitative estimate of drug-likeness (QED) is 0.900. The van der Waals surface area contributed by atoms with Crippen LogP contribution in [0.1, 0.15) is 37.5 Å². The molecule has 4 nitrogen and oxygen atoms in total. The van der Waals surface area contributed by atoms with Crippen molar-refractivity contribution in [2.75, 3.05) is 0 Å². The van der Waals surface area contributed by atoms with Crippen LogP contribution in [0.4, 0.5) is 0 Å². The summed E-state index contributed by atoms with van der Waals surface area (Å²) in [6.45, 7) is 1.45. The van der Waals surface area contributed by atoms with Crippen molar-refractivity contribution in [1.29, 1.82) is 0 Å². The number of carbonyl (C=O) groups excluding carboxylic acids is 1. The van der Waals surface area contributed by atoms with Crippen LogP contribution in [0.5, 0.6) is 0 Å². The molecule has 1 saturated carbocycles. The third-order valence-electron chi connectivity index (χ3n) is 3.58. The molecule has 1 atom stereocenters. The number of carbonyl (C=O) groups is 1. The number of thiophene rings is 1. The van der Waals surface area contributed by atoms with Crippen molar-refractivity contribution >= 4 is 38.7 Å². The number of rotatable bonds is 5. The van der Waals surface area contributed by atoms with Crippen LogP contribution in [0.2, 0.25) is 4.34 Å². The average Bonchev–Trinajstić information content (AvgIpc) is 3.00. The highest BCUT2D eigenvalue weighted by atomic mass is 35.5. The molecule has 1 amide bonds. The molecule has 1 aliphatic carbocycles. The Labute approximate surface area is 128 Å². The Kier molecular flexibility index (Phi) is 5.09. The van der Waals surface area contributed by atoms with Crippen molar-refractivity contribution in [2.24, 2.45) is 0 Å². The number of halogens is 1. The lowest BCUT2D eigenvalue weighted by molar-refractivity contribution is -0.121. The van der Waals surface area contributed by atoms with Crippen molar-refractivity contribution < 1.29 is 13.2 Å². The molecule has 0 spiro atoms. The van der Waals surface area contributed by atoms with Crippen LogP contribution < -0.4 is 5.32 Å². The van der Waals surface area contributed by atoms with E-state index in [0.717, 1.165) is 25.7 Å². The molecule has 112 valence electrons. The first-order valence-corrected chi connectivity index (χ1v) is 9.55. The summed E-state index contributed by atoms with van der Waals surface area (Å²) in [5.41, 5.74) is 0. The van der Waals surface area contributed by atoms with Crippen LogP contribution in [0.15, 0.2) is 12.1 Å². The first kappa shape index (κ1) is 15.8. The summed E-state index contributed by atoms with van der Waals surface area (Å²) in [6, 6.07) is 3.49. The van der Waals surface area contributed by atoms with E-state index in [-0.39, 0.29) is 17.7 Å². The molecule has 1 fully saturated rings. The molecule has 0 aromatic carbocycles. The van der Waals surface area contributed by atoms with Crippen LogP contribution in [-0.4, -0.2) is 25.6 Å². The Balaban J connectivity index is 1.98. The van der Waals surface area contributed by atoms with E-state index in [0.29, 0.717) is 9.21 Å². The van der Waals surface area contributed by atoms with E-state index in [1.165, 1.54) is 18.3 Å². The number of hydrogen-bond donors (Lipinski definition) is 1. The molecule has 7 heteroatoms.